The van der Waals surface area contributed by atoms with Gasteiger partial charge in [-0.25, -0.2) is 0 Å². The Kier molecular flexibility index (Phi) is 2.31. The molecule has 72 valence electrons. The van der Waals surface area contributed by atoms with Crippen molar-refractivity contribution in [2.45, 2.75) is 25.7 Å². The van der Waals surface area contributed by atoms with Crippen LogP contribution in [0.5, 0.6) is 0 Å². The SMILES string of the molecule is Cc1nc(C2CCCN(C)C2)no1. The highest BCUT2D eigenvalue weighted by Gasteiger charge is 2.22. The third kappa shape index (κ3) is 1.88. The van der Waals surface area contributed by atoms with Gasteiger partial charge in [0, 0.05) is 19.4 Å². The first-order valence-electron chi connectivity index (χ1n) is 4.74. The summed E-state index contributed by atoms with van der Waals surface area (Å²) in [5.41, 5.74) is 0. The van der Waals surface area contributed by atoms with Gasteiger partial charge in [-0.1, -0.05) is 5.16 Å². The summed E-state index contributed by atoms with van der Waals surface area (Å²) < 4.78 is 4.97. The molecule has 1 saturated heterocycles. The second-order valence-corrected chi connectivity index (χ2v) is 3.77. The van der Waals surface area contributed by atoms with Crippen LogP contribution in [0, 0.1) is 6.92 Å². The number of hydrogen-bond acceptors (Lipinski definition) is 4. The molecule has 0 aromatic carbocycles. The van der Waals surface area contributed by atoms with E-state index < -0.39 is 0 Å². The molecule has 1 aliphatic heterocycles. The molecule has 13 heavy (non-hydrogen) atoms. The van der Waals surface area contributed by atoms with Gasteiger partial charge < -0.3 is 9.42 Å². The normalized spacial score (nSPS) is 24.9. The van der Waals surface area contributed by atoms with Crippen molar-refractivity contribution in [1.29, 1.82) is 0 Å². The van der Waals surface area contributed by atoms with Crippen LogP contribution < -0.4 is 0 Å². The van der Waals surface area contributed by atoms with E-state index in [0.717, 1.165) is 12.4 Å². The van der Waals surface area contributed by atoms with Crippen LogP contribution in [0.2, 0.25) is 0 Å². The van der Waals surface area contributed by atoms with Gasteiger partial charge in [0.2, 0.25) is 5.89 Å². The number of nitrogens with zero attached hydrogens (tertiary/aromatic N) is 3. The maximum atomic E-state index is 4.97. The van der Waals surface area contributed by atoms with Crippen molar-refractivity contribution in [3.63, 3.8) is 0 Å². The van der Waals surface area contributed by atoms with E-state index in [1.54, 1.807) is 0 Å². The predicted octanol–water partition coefficient (Wildman–Crippen LogP) is 1.19. The molecule has 4 nitrogen and oxygen atoms in total. The van der Waals surface area contributed by atoms with E-state index in [1.165, 1.54) is 19.4 Å². The molecule has 2 heterocycles. The molecule has 0 amide bonds. The Hall–Kier alpha value is -0.900. The van der Waals surface area contributed by atoms with Gasteiger partial charge in [0.15, 0.2) is 5.82 Å². The van der Waals surface area contributed by atoms with Crippen molar-refractivity contribution < 1.29 is 4.52 Å². The van der Waals surface area contributed by atoms with Crippen molar-refractivity contribution in [3.8, 4) is 0 Å². The first-order valence-corrected chi connectivity index (χ1v) is 4.74. The molecule has 2 rings (SSSR count). The third-order valence-corrected chi connectivity index (χ3v) is 2.53. The monoisotopic (exact) mass is 181 g/mol. The van der Waals surface area contributed by atoms with E-state index in [0.29, 0.717) is 11.8 Å². The third-order valence-electron chi connectivity index (χ3n) is 2.53. The minimum absolute atomic E-state index is 0.469. The van der Waals surface area contributed by atoms with Crippen LogP contribution in [0.3, 0.4) is 0 Å². The Labute approximate surface area is 77.9 Å². The molecule has 4 heteroatoms. The van der Waals surface area contributed by atoms with Crippen molar-refractivity contribution >= 4 is 0 Å². The number of likely N-dealkylation sites (tertiary alicyclic amines) is 1. The summed E-state index contributed by atoms with van der Waals surface area (Å²) >= 11 is 0. The summed E-state index contributed by atoms with van der Waals surface area (Å²) in [7, 11) is 2.14. The molecule has 1 fully saturated rings. The van der Waals surface area contributed by atoms with Crippen molar-refractivity contribution in [1.82, 2.24) is 15.0 Å². The minimum Gasteiger partial charge on any atom is -0.340 e. The van der Waals surface area contributed by atoms with Crippen molar-refractivity contribution in [2.75, 3.05) is 20.1 Å². The first-order chi connectivity index (χ1) is 6.25. The van der Waals surface area contributed by atoms with Crippen molar-refractivity contribution in [2.24, 2.45) is 0 Å². The van der Waals surface area contributed by atoms with E-state index in [-0.39, 0.29) is 0 Å². The largest absolute Gasteiger partial charge is 0.340 e. The molecule has 1 aromatic rings. The van der Waals surface area contributed by atoms with Crippen LogP contribution in [0.4, 0.5) is 0 Å². The lowest BCUT2D eigenvalue weighted by Crippen LogP contribution is -2.31. The van der Waals surface area contributed by atoms with Gasteiger partial charge in [0.05, 0.1) is 0 Å². The molecule has 1 aliphatic rings. The first kappa shape index (κ1) is 8.69. The lowest BCUT2D eigenvalue weighted by atomic mass is 9.98. The molecule has 0 aliphatic carbocycles. The Morgan fingerprint density at radius 1 is 1.54 bits per heavy atom. The molecule has 0 radical (unpaired) electrons. The topological polar surface area (TPSA) is 42.2 Å². The molecule has 1 atom stereocenters. The number of likely N-dealkylation sites (N-methyl/N-ethyl adjacent to an activating group) is 1. The molecule has 0 saturated carbocycles. The highest BCUT2D eigenvalue weighted by Crippen LogP contribution is 2.23. The smallest absolute Gasteiger partial charge is 0.223 e. The Morgan fingerprint density at radius 3 is 3.00 bits per heavy atom. The van der Waals surface area contributed by atoms with Crippen LogP contribution in [0.15, 0.2) is 4.52 Å². The number of aromatic nitrogens is 2. The van der Waals surface area contributed by atoms with Crippen LogP contribution in [-0.2, 0) is 0 Å². The second-order valence-electron chi connectivity index (χ2n) is 3.77. The van der Waals surface area contributed by atoms with Gasteiger partial charge in [0.1, 0.15) is 0 Å². The van der Waals surface area contributed by atoms with Gasteiger partial charge >= 0.3 is 0 Å². The maximum absolute atomic E-state index is 4.97. The zero-order chi connectivity index (χ0) is 9.26. The molecule has 1 unspecified atom stereocenters. The molecule has 0 N–H and O–H groups in total. The fraction of sp³-hybridized carbons (Fsp3) is 0.778. The van der Waals surface area contributed by atoms with E-state index in [1.807, 2.05) is 6.92 Å². The van der Waals surface area contributed by atoms with Gasteiger partial charge in [-0.15, -0.1) is 0 Å². The fourth-order valence-electron chi connectivity index (χ4n) is 1.86. The lowest BCUT2D eigenvalue weighted by Gasteiger charge is -2.27. The molecule has 0 bridgehead atoms. The second kappa shape index (κ2) is 3.46. The number of rotatable bonds is 1. The van der Waals surface area contributed by atoms with Gasteiger partial charge in [-0.2, -0.15) is 4.98 Å². The standard InChI is InChI=1S/C9H15N3O/c1-7-10-9(11-13-7)8-4-3-5-12(2)6-8/h8H,3-6H2,1-2H3. The van der Waals surface area contributed by atoms with E-state index in [4.69, 9.17) is 4.52 Å². The highest BCUT2D eigenvalue weighted by molar-refractivity contribution is 4.97. The van der Waals surface area contributed by atoms with Gasteiger partial charge in [-0.3, -0.25) is 0 Å². The average molecular weight is 181 g/mol. The predicted molar refractivity (Wildman–Crippen MR) is 48.5 cm³/mol. The summed E-state index contributed by atoms with van der Waals surface area (Å²) in [6.07, 6.45) is 2.41. The van der Waals surface area contributed by atoms with Gasteiger partial charge in [-0.05, 0) is 26.4 Å². The number of aryl methyl sites for hydroxylation is 1. The van der Waals surface area contributed by atoms with Crippen LogP contribution >= 0.6 is 0 Å². The number of piperidine rings is 1. The zero-order valence-corrected chi connectivity index (χ0v) is 8.16. The van der Waals surface area contributed by atoms with Crippen LogP contribution in [0.1, 0.15) is 30.5 Å². The van der Waals surface area contributed by atoms with E-state index in [9.17, 15) is 0 Å². The summed E-state index contributed by atoms with van der Waals surface area (Å²) in [5.74, 6) is 2.02. The minimum atomic E-state index is 0.469. The molecule has 0 spiro atoms. The maximum Gasteiger partial charge on any atom is 0.223 e. The molecular formula is C9H15N3O. The van der Waals surface area contributed by atoms with E-state index in [2.05, 4.69) is 22.1 Å². The van der Waals surface area contributed by atoms with Crippen LogP contribution in [0.25, 0.3) is 0 Å². The van der Waals surface area contributed by atoms with E-state index >= 15 is 0 Å². The zero-order valence-electron chi connectivity index (χ0n) is 8.16. The molecular weight excluding hydrogens is 166 g/mol. The molecule has 1 aromatic heterocycles. The average Bonchev–Trinajstić information content (AvgIpc) is 2.52. The van der Waals surface area contributed by atoms with Crippen molar-refractivity contribution in [3.05, 3.63) is 11.7 Å². The summed E-state index contributed by atoms with van der Waals surface area (Å²) in [6, 6.07) is 0. The Morgan fingerprint density at radius 2 is 2.38 bits per heavy atom. The Balaban J connectivity index is 2.08. The fourth-order valence-corrected chi connectivity index (χ4v) is 1.86. The number of hydrogen-bond donors (Lipinski definition) is 0. The summed E-state index contributed by atoms with van der Waals surface area (Å²) in [5, 5.41) is 3.96. The highest BCUT2D eigenvalue weighted by atomic mass is 16.5. The lowest BCUT2D eigenvalue weighted by molar-refractivity contribution is 0.242. The summed E-state index contributed by atoms with van der Waals surface area (Å²) in [6.45, 7) is 4.08. The summed E-state index contributed by atoms with van der Waals surface area (Å²) in [4.78, 5) is 6.58. The Bertz CT molecular complexity index is 284. The van der Waals surface area contributed by atoms with Crippen LogP contribution in [-0.4, -0.2) is 35.2 Å². The quantitative estimate of drug-likeness (QED) is 0.652. The van der Waals surface area contributed by atoms with Gasteiger partial charge in [0.25, 0.3) is 0 Å².